The number of nitrogen functional groups attached to an aromatic ring is 1. The van der Waals surface area contributed by atoms with Gasteiger partial charge in [0, 0.05) is 43.0 Å². The molecule has 1 aromatic carbocycles. The van der Waals surface area contributed by atoms with E-state index in [0.717, 1.165) is 25.2 Å². The van der Waals surface area contributed by atoms with Crippen molar-refractivity contribution < 1.29 is 4.39 Å². The van der Waals surface area contributed by atoms with Crippen LogP contribution in [0.25, 0.3) is 0 Å². The Bertz CT molecular complexity index is 431. The third kappa shape index (κ3) is 2.82. The maximum absolute atomic E-state index is 13.8. The minimum Gasteiger partial charge on any atom is -0.399 e. The van der Waals surface area contributed by atoms with Crippen molar-refractivity contribution in [2.75, 3.05) is 32.4 Å². The quantitative estimate of drug-likeness (QED) is 0.815. The van der Waals surface area contributed by atoms with E-state index in [0.29, 0.717) is 12.2 Å². The number of likely N-dealkylation sites (N-methyl/N-ethyl adjacent to an activating group) is 1. The molecule has 2 rings (SSSR count). The molecule has 4 heteroatoms. The highest BCUT2D eigenvalue weighted by molar-refractivity contribution is 5.40. The van der Waals surface area contributed by atoms with Gasteiger partial charge in [-0.25, -0.2) is 4.39 Å². The van der Waals surface area contributed by atoms with Crippen LogP contribution in [0.4, 0.5) is 10.1 Å². The average Bonchev–Trinajstić information content (AvgIpc) is 2.27. The number of benzene rings is 1. The number of anilines is 1. The predicted molar refractivity (Wildman–Crippen MR) is 72.8 cm³/mol. The minimum atomic E-state index is -0.202. The number of rotatable bonds is 2. The lowest BCUT2D eigenvalue weighted by atomic mass is 9.99. The molecule has 1 aliphatic rings. The van der Waals surface area contributed by atoms with E-state index in [9.17, 15) is 4.39 Å². The maximum atomic E-state index is 13.8. The lowest BCUT2D eigenvalue weighted by molar-refractivity contribution is 0.0355. The molecule has 2 N–H and O–H groups in total. The second kappa shape index (κ2) is 4.86. The van der Waals surface area contributed by atoms with Gasteiger partial charge in [0.25, 0.3) is 0 Å². The highest BCUT2D eigenvalue weighted by atomic mass is 19.1. The minimum absolute atomic E-state index is 0.141. The van der Waals surface area contributed by atoms with Crippen molar-refractivity contribution >= 4 is 5.69 Å². The summed E-state index contributed by atoms with van der Waals surface area (Å²) < 4.78 is 13.8. The van der Waals surface area contributed by atoms with Crippen LogP contribution in [-0.2, 0) is 6.54 Å². The summed E-state index contributed by atoms with van der Waals surface area (Å²) in [6.45, 7) is 8.04. The molecule has 0 spiro atoms. The fraction of sp³-hybridized carbons (Fsp3) is 0.571. The molecule has 0 aliphatic carbocycles. The van der Waals surface area contributed by atoms with Gasteiger partial charge in [-0.2, -0.15) is 0 Å². The van der Waals surface area contributed by atoms with Crippen LogP contribution in [0.1, 0.15) is 19.4 Å². The lowest BCUT2D eigenvalue weighted by Gasteiger charge is -2.45. The molecule has 0 saturated carbocycles. The summed E-state index contributed by atoms with van der Waals surface area (Å²) >= 11 is 0. The molecule has 3 nitrogen and oxygen atoms in total. The molecule has 0 bridgehead atoms. The van der Waals surface area contributed by atoms with E-state index in [1.807, 2.05) is 0 Å². The monoisotopic (exact) mass is 251 g/mol. The van der Waals surface area contributed by atoms with Gasteiger partial charge in [-0.05, 0) is 33.0 Å². The molecule has 1 heterocycles. The summed E-state index contributed by atoms with van der Waals surface area (Å²) in [7, 11) is 2.14. The molecule has 1 saturated heterocycles. The summed E-state index contributed by atoms with van der Waals surface area (Å²) in [6.07, 6.45) is 0. The molecule has 1 fully saturated rings. The van der Waals surface area contributed by atoms with Gasteiger partial charge in [0.2, 0.25) is 0 Å². The van der Waals surface area contributed by atoms with Gasteiger partial charge in [-0.3, -0.25) is 9.80 Å². The molecule has 0 unspecified atom stereocenters. The molecule has 1 aromatic rings. The number of nitrogens with two attached hydrogens (primary N) is 1. The molecule has 0 aromatic heterocycles. The first kappa shape index (κ1) is 13.3. The van der Waals surface area contributed by atoms with Crippen molar-refractivity contribution in [1.29, 1.82) is 0 Å². The zero-order valence-electron chi connectivity index (χ0n) is 11.4. The van der Waals surface area contributed by atoms with Crippen molar-refractivity contribution in [1.82, 2.24) is 9.80 Å². The van der Waals surface area contributed by atoms with E-state index < -0.39 is 0 Å². The Balaban J connectivity index is 2.06. The molecule has 0 atom stereocenters. The Kier molecular flexibility index (Phi) is 3.59. The number of piperazine rings is 1. The van der Waals surface area contributed by atoms with E-state index >= 15 is 0 Å². The van der Waals surface area contributed by atoms with E-state index in [2.05, 4.69) is 30.7 Å². The molecule has 0 amide bonds. The van der Waals surface area contributed by atoms with Crippen LogP contribution in [0.3, 0.4) is 0 Å². The first-order chi connectivity index (χ1) is 8.38. The van der Waals surface area contributed by atoms with Crippen molar-refractivity contribution in [2.45, 2.75) is 25.9 Å². The maximum Gasteiger partial charge on any atom is 0.129 e. The Labute approximate surface area is 108 Å². The van der Waals surface area contributed by atoms with E-state index in [1.165, 1.54) is 6.07 Å². The number of nitrogens with zero attached hydrogens (tertiary/aromatic N) is 2. The van der Waals surface area contributed by atoms with Crippen molar-refractivity contribution in [2.24, 2.45) is 0 Å². The Morgan fingerprint density at radius 3 is 2.67 bits per heavy atom. The van der Waals surface area contributed by atoms with E-state index in [-0.39, 0.29) is 11.4 Å². The average molecular weight is 251 g/mol. The van der Waals surface area contributed by atoms with Crippen molar-refractivity contribution in [3.63, 3.8) is 0 Å². The number of hydrogen-bond acceptors (Lipinski definition) is 3. The van der Waals surface area contributed by atoms with Crippen LogP contribution in [-0.4, -0.2) is 42.0 Å². The molecule has 0 radical (unpaired) electrons. The standard InChI is InChI=1S/C14H22FN3/c1-14(2)10-18(7-6-17(14)3)9-11-4-5-12(16)8-13(11)15/h4-5,8H,6-7,9-10,16H2,1-3H3. The third-order valence-electron chi connectivity index (χ3n) is 3.87. The van der Waals surface area contributed by atoms with Gasteiger partial charge in [-0.15, -0.1) is 0 Å². The lowest BCUT2D eigenvalue weighted by Crippen LogP contribution is -2.57. The second-order valence-electron chi connectivity index (χ2n) is 5.80. The Hall–Kier alpha value is -1.13. The topological polar surface area (TPSA) is 32.5 Å². The van der Waals surface area contributed by atoms with Gasteiger partial charge in [0.05, 0.1) is 0 Å². The first-order valence-corrected chi connectivity index (χ1v) is 6.36. The molecule has 1 aliphatic heterocycles. The molecule has 100 valence electrons. The molecular weight excluding hydrogens is 229 g/mol. The summed E-state index contributed by atoms with van der Waals surface area (Å²) in [5, 5.41) is 0. The molecular formula is C14H22FN3. The number of hydrogen-bond donors (Lipinski definition) is 1. The van der Waals surface area contributed by atoms with Crippen molar-refractivity contribution in [3.05, 3.63) is 29.6 Å². The summed E-state index contributed by atoms with van der Waals surface area (Å²) in [5.41, 5.74) is 6.91. The van der Waals surface area contributed by atoms with Gasteiger partial charge in [0.1, 0.15) is 5.82 Å². The normalized spacial score (nSPS) is 21.1. The number of halogens is 1. The van der Waals surface area contributed by atoms with E-state index in [1.54, 1.807) is 12.1 Å². The molecule has 18 heavy (non-hydrogen) atoms. The van der Waals surface area contributed by atoms with Gasteiger partial charge < -0.3 is 5.73 Å². The SMILES string of the molecule is CN1CCN(Cc2ccc(N)cc2F)CC1(C)C. The highest BCUT2D eigenvalue weighted by Gasteiger charge is 2.31. The highest BCUT2D eigenvalue weighted by Crippen LogP contribution is 2.21. The van der Waals surface area contributed by atoms with E-state index in [4.69, 9.17) is 5.73 Å². The second-order valence-corrected chi connectivity index (χ2v) is 5.80. The Morgan fingerprint density at radius 1 is 1.33 bits per heavy atom. The van der Waals surface area contributed by atoms with Crippen LogP contribution in [0.15, 0.2) is 18.2 Å². The Morgan fingerprint density at radius 2 is 2.06 bits per heavy atom. The summed E-state index contributed by atoms with van der Waals surface area (Å²) in [5.74, 6) is -0.202. The predicted octanol–water partition coefficient (Wildman–Crippen LogP) is 1.93. The fourth-order valence-corrected chi connectivity index (χ4v) is 2.41. The van der Waals surface area contributed by atoms with Gasteiger partial charge in [0.15, 0.2) is 0 Å². The zero-order chi connectivity index (χ0) is 13.3. The van der Waals surface area contributed by atoms with Crippen LogP contribution < -0.4 is 5.73 Å². The van der Waals surface area contributed by atoms with Crippen LogP contribution >= 0.6 is 0 Å². The summed E-state index contributed by atoms with van der Waals surface area (Å²) in [6, 6.07) is 4.95. The largest absolute Gasteiger partial charge is 0.399 e. The van der Waals surface area contributed by atoms with Crippen LogP contribution in [0, 0.1) is 5.82 Å². The van der Waals surface area contributed by atoms with Crippen LogP contribution in [0.5, 0.6) is 0 Å². The smallest absolute Gasteiger partial charge is 0.129 e. The third-order valence-corrected chi connectivity index (χ3v) is 3.87. The zero-order valence-corrected chi connectivity index (χ0v) is 11.4. The van der Waals surface area contributed by atoms with Crippen molar-refractivity contribution in [3.8, 4) is 0 Å². The van der Waals surface area contributed by atoms with Gasteiger partial charge >= 0.3 is 0 Å². The summed E-state index contributed by atoms with van der Waals surface area (Å²) in [4.78, 5) is 4.65. The first-order valence-electron chi connectivity index (χ1n) is 6.36. The van der Waals surface area contributed by atoms with Crippen LogP contribution in [0.2, 0.25) is 0 Å². The fourth-order valence-electron chi connectivity index (χ4n) is 2.41. The van der Waals surface area contributed by atoms with Gasteiger partial charge in [-0.1, -0.05) is 6.07 Å².